The van der Waals surface area contributed by atoms with Crippen LogP contribution >= 0.6 is 0 Å². The fraction of sp³-hybridized carbons (Fsp3) is 0.600. The summed E-state index contributed by atoms with van der Waals surface area (Å²) in [6.07, 6.45) is 2.03. The molecule has 2 N–H and O–H groups in total. The molecule has 2 fully saturated rings. The van der Waals surface area contributed by atoms with Crippen molar-refractivity contribution in [2.24, 2.45) is 5.92 Å². The van der Waals surface area contributed by atoms with Crippen LogP contribution in [0.15, 0.2) is 18.2 Å². The monoisotopic (exact) mass is 264 g/mol. The van der Waals surface area contributed by atoms with E-state index in [1.165, 1.54) is 12.1 Å². The Kier molecular flexibility index (Phi) is 3.23. The van der Waals surface area contributed by atoms with Crippen molar-refractivity contribution < 1.29 is 9.50 Å². The highest BCUT2D eigenvalue weighted by Gasteiger charge is 2.45. The van der Waals surface area contributed by atoms with Crippen LogP contribution in [0.2, 0.25) is 0 Å². The number of piperidine rings is 1. The summed E-state index contributed by atoms with van der Waals surface area (Å²) in [4.78, 5) is 2.44. The fourth-order valence-electron chi connectivity index (χ4n) is 3.56. The van der Waals surface area contributed by atoms with E-state index in [0.717, 1.165) is 43.7 Å². The zero-order chi connectivity index (χ0) is 13.5. The first-order valence-corrected chi connectivity index (χ1v) is 7.00. The number of aliphatic hydroxyl groups excluding tert-OH is 1. The number of nitrogens with zero attached hydrogens (tertiary/aromatic N) is 1. The highest BCUT2D eigenvalue weighted by atomic mass is 19.1. The van der Waals surface area contributed by atoms with E-state index < -0.39 is 0 Å². The Balaban J connectivity index is 1.86. The van der Waals surface area contributed by atoms with Crippen LogP contribution < -0.4 is 5.32 Å². The molecule has 0 amide bonds. The van der Waals surface area contributed by atoms with E-state index in [9.17, 15) is 9.50 Å². The second-order valence-electron chi connectivity index (χ2n) is 5.99. The second-order valence-corrected chi connectivity index (χ2v) is 5.99. The van der Waals surface area contributed by atoms with Crippen molar-refractivity contribution >= 4 is 5.69 Å². The highest BCUT2D eigenvalue weighted by Crippen LogP contribution is 2.38. The smallest absolute Gasteiger partial charge is 0.125 e. The molecule has 2 bridgehead atoms. The number of nitrogens with one attached hydrogen (secondary N) is 1. The van der Waals surface area contributed by atoms with Gasteiger partial charge in [0.25, 0.3) is 0 Å². The average molecular weight is 264 g/mol. The van der Waals surface area contributed by atoms with E-state index in [2.05, 4.69) is 10.2 Å². The first kappa shape index (κ1) is 12.9. The summed E-state index contributed by atoms with van der Waals surface area (Å²) >= 11 is 0. The van der Waals surface area contributed by atoms with Gasteiger partial charge in [0.05, 0.1) is 12.1 Å². The van der Waals surface area contributed by atoms with Crippen LogP contribution in [0.4, 0.5) is 10.1 Å². The number of rotatable bonds is 3. The van der Waals surface area contributed by atoms with Crippen molar-refractivity contribution in [3.05, 3.63) is 29.6 Å². The molecule has 2 aliphatic rings. The van der Waals surface area contributed by atoms with Crippen molar-refractivity contribution in [3.63, 3.8) is 0 Å². The molecule has 3 unspecified atom stereocenters. The van der Waals surface area contributed by atoms with Gasteiger partial charge in [0.2, 0.25) is 0 Å². The molecule has 0 aromatic heterocycles. The third-order valence-corrected chi connectivity index (χ3v) is 4.65. The molecule has 0 spiro atoms. The van der Waals surface area contributed by atoms with Gasteiger partial charge in [-0.05, 0) is 56.0 Å². The first-order chi connectivity index (χ1) is 9.11. The van der Waals surface area contributed by atoms with Gasteiger partial charge in [0.1, 0.15) is 5.82 Å². The Hall–Kier alpha value is -1.13. The van der Waals surface area contributed by atoms with Gasteiger partial charge >= 0.3 is 0 Å². The van der Waals surface area contributed by atoms with Gasteiger partial charge < -0.3 is 15.3 Å². The zero-order valence-corrected chi connectivity index (χ0v) is 11.3. The van der Waals surface area contributed by atoms with Crippen LogP contribution in [0.3, 0.4) is 0 Å². The maximum absolute atomic E-state index is 13.5. The van der Waals surface area contributed by atoms with E-state index in [0.29, 0.717) is 5.92 Å². The first-order valence-electron chi connectivity index (χ1n) is 7.00. The largest absolute Gasteiger partial charge is 0.394 e. The molecular formula is C15H21FN2O. The molecule has 0 aliphatic carbocycles. The number of fused-ring (bicyclic) bond motifs is 2. The zero-order valence-electron chi connectivity index (χ0n) is 11.3. The number of anilines is 1. The number of hydrogen-bond donors (Lipinski definition) is 2. The minimum atomic E-state index is -0.284. The molecule has 3 nitrogen and oxygen atoms in total. The molecule has 4 heteroatoms. The van der Waals surface area contributed by atoms with Gasteiger partial charge in [-0.3, -0.25) is 0 Å². The lowest BCUT2D eigenvalue weighted by atomic mass is 9.79. The molecule has 0 radical (unpaired) electrons. The topological polar surface area (TPSA) is 35.5 Å². The van der Waals surface area contributed by atoms with E-state index in [-0.39, 0.29) is 18.0 Å². The molecule has 3 rings (SSSR count). The van der Waals surface area contributed by atoms with Crippen LogP contribution in [0.1, 0.15) is 18.4 Å². The molecule has 1 aromatic carbocycles. The normalized spacial score (nSPS) is 33.4. The standard InChI is InChI=1S/C15H21FN2O/c1-11-6-13(16)8-14(7-11)17-15(10-19)3-5-18-4-2-12(15)9-18/h6-8,12,17,19H,2-5,9-10H2,1H3. The van der Waals surface area contributed by atoms with Crippen molar-refractivity contribution in [3.8, 4) is 0 Å². The third-order valence-electron chi connectivity index (χ3n) is 4.65. The van der Waals surface area contributed by atoms with Crippen molar-refractivity contribution in [2.45, 2.75) is 25.3 Å². The molecule has 1 aromatic rings. The van der Waals surface area contributed by atoms with Crippen LogP contribution in [-0.4, -0.2) is 41.8 Å². The maximum Gasteiger partial charge on any atom is 0.125 e. The van der Waals surface area contributed by atoms with E-state index in [1.807, 2.05) is 13.0 Å². The summed E-state index contributed by atoms with van der Waals surface area (Å²) in [6.45, 7) is 5.18. The Morgan fingerprint density at radius 3 is 3.00 bits per heavy atom. The summed E-state index contributed by atoms with van der Waals surface area (Å²) in [5, 5.41) is 13.3. The summed E-state index contributed by atoms with van der Waals surface area (Å²) in [5.74, 6) is 0.231. The molecule has 3 atom stereocenters. The van der Waals surface area contributed by atoms with Gasteiger partial charge in [-0.1, -0.05) is 0 Å². The lowest BCUT2D eigenvalue weighted by Gasteiger charge is -2.43. The molecule has 19 heavy (non-hydrogen) atoms. The van der Waals surface area contributed by atoms with Crippen LogP contribution in [-0.2, 0) is 0 Å². The van der Waals surface area contributed by atoms with Crippen molar-refractivity contribution in [1.82, 2.24) is 4.90 Å². The van der Waals surface area contributed by atoms with Crippen LogP contribution in [0, 0.1) is 18.7 Å². The molecule has 2 saturated heterocycles. The van der Waals surface area contributed by atoms with Gasteiger partial charge in [0, 0.05) is 18.8 Å². The van der Waals surface area contributed by atoms with E-state index in [4.69, 9.17) is 0 Å². The predicted molar refractivity (Wildman–Crippen MR) is 73.7 cm³/mol. The van der Waals surface area contributed by atoms with Gasteiger partial charge in [-0.15, -0.1) is 0 Å². The highest BCUT2D eigenvalue weighted by molar-refractivity contribution is 5.49. The van der Waals surface area contributed by atoms with E-state index >= 15 is 0 Å². The summed E-state index contributed by atoms with van der Waals surface area (Å²) in [6, 6.07) is 4.99. The fourth-order valence-corrected chi connectivity index (χ4v) is 3.56. The van der Waals surface area contributed by atoms with Crippen molar-refractivity contribution in [1.29, 1.82) is 0 Å². The average Bonchev–Trinajstić information content (AvgIpc) is 2.77. The quantitative estimate of drug-likeness (QED) is 0.876. The Morgan fingerprint density at radius 2 is 2.26 bits per heavy atom. The number of aryl methyl sites for hydroxylation is 1. The number of aliphatic hydroxyl groups is 1. The molecule has 0 saturated carbocycles. The Bertz CT molecular complexity index is 459. The van der Waals surface area contributed by atoms with Crippen molar-refractivity contribution in [2.75, 3.05) is 31.6 Å². The SMILES string of the molecule is Cc1cc(F)cc(NC2(CO)CCN3CCC2C3)c1. The molecule has 2 heterocycles. The Labute approximate surface area is 113 Å². The number of hydrogen-bond acceptors (Lipinski definition) is 3. The lowest BCUT2D eigenvalue weighted by Crippen LogP contribution is -2.54. The van der Waals surface area contributed by atoms with E-state index in [1.54, 1.807) is 0 Å². The molecule has 2 aliphatic heterocycles. The third kappa shape index (κ3) is 2.35. The summed E-state index contributed by atoms with van der Waals surface area (Å²) in [7, 11) is 0. The lowest BCUT2D eigenvalue weighted by molar-refractivity contribution is 0.112. The van der Waals surface area contributed by atoms with Gasteiger partial charge in [-0.2, -0.15) is 0 Å². The van der Waals surface area contributed by atoms with Crippen LogP contribution in [0.25, 0.3) is 0 Å². The minimum absolute atomic E-state index is 0.112. The molecular weight excluding hydrogens is 243 g/mol. The number of benzene rings is 1. The maximum atomic E-state index is 13.5. The van der Waals surface area contributed by atoms with Crippen LogP contribution in [0.5, 0.6) is 0 Å². The predicted octanol–water partition coefficient (Wildman–Crippen LogP) is 2.00. The number of halogens is 1. The molecule has 104 valence electrons. The second kappa shape index (κ2) is 4.76. The minimum Gasteiger partial charge on any atom is -0.394 e. The van der Waals surface area contributed by atoms with Gasteiger partial charge in [0.15, 0.2) is 0 Å². The Morgan fingerprint density at radius 1 is 1.42 bits per heavy atom. The summed E-state index contributed by atoms with van der Waals surface area (Å²) < 4.78 is 13.5. The van der Waals surface area contributed by atoms with Gasteiger partial charge in [-0.25, -0.2) is 4.39 Å². The summed E-state index contributed by atoms with van der Waals surface area (Å²) in [5.41, 5.74) is 1.40.